The molecule has 0 bridgehead atoms. The van der Waals surface area contributed by atoms with Crippen LogP contribution in [0.3, 0.4) is 0 Å². The molecule has 0 aromatic heterocycles. The number of allylic oxidation sites excluding steroid dienone is 2. The van der Waals surface area contributed by atoms with Crippen molar-refractivity contribution < 1.29 is 9.59 Å². The summed E-state index contributed by atoms with van der Waals surface area (Å²) in [5.41, 5.74) is 0. The van der Waals surface area contributed by atoms with E-state index < -0.39 is 0 Å². The summed E-state index contributed by atoms with van der Waals surface area (Å²) >= 11 is 0. The molecule has 0 aromatic rings. The number of hydrogen-bond acceptors (Lipinski definition) is 2. The summed E-state index contributed by atoms with van der Waals surface area (Å²) in [5, 5.41) is 0. The van der Waals surface area contributed by atoms with Gasteiger partial charge in [0, 0.05) is 13.0 Å². The van der Waals surface area contributed by atoms with Crippen LogP contribution in [0.15, 0.2) is 12.2 Å². The third-order valence-electron chi connectivity index (χ3n) is 9.13. The van der Waals surface area contributed by atoms with Gasteiger partial charge < -0.3 is 0 Å². The molecule has 0 aliphatic carbocycles. The zero-order valence-electron chi connectivity index (χ0n) is 27.9. The molecule has 0 radical (unpaired) electrons. The van der Waals surface area contributed by atoms with E-state index in [4.69, 9.17) is 0 Å². The van der Waals surface area contributed by atoms with Crippen LogP contribution >= 0.6 is 0 Å². The number of carbonyl (C=O) groups excluding carboxylic acids is 2. The number of nitrogens with zero attached hydrogens (tertiary/aromatic N) is 1. The molecule has 0 aromatic carbocycles. The van der Waals surface area contributed by atoms with Crippen LogP contribution < -0.4 is 0 Å². The van der Waals surface area contributed by atoms with Gasteiger partial charge in [-0.2, -0.15) is 0 Å². The zero-order valence-corrected chi connectivity index (χ0v) is 27.9. The van der Waals surface area contributed by atoms with Crippen molar-refractivity contribution in [3.63, 3.8) is 0 Å². The molecule has 0 saturated carbocycles. The highest BCUT2D eigenvalue weighted by atomic mass is 16.2. The normalized spacial score (nSPS) is 15.7. The summed E-state index contributed by atoms with van der Waals surface area (Å²) in [7, 11) is 0. The quantitative estimate of drug-likeness (QED) is 0.0470. The summed E-state index contributed by atoms with van der Waals surface area (Å²) in [6.07, 6.45) is 43.2. The highest BCUT2D eigenvalue weighted by Crippen LogP contribution is 2.24. The summed E-state index contributed by atoms with van der Waals surface area (Å²) in [5.74, 6) is 0.0205. The molecule has 1 rings (SSSR count). The largest absolute Gasteiger partial charge is 0.282 e. The maximum Gasteiger partial charge on any atom is 0.233 e. The molecule has 1 unspecified atom stereocenters. The summed E-state index contributed by atoms with van der Waals surface area (Å²) in [4.78, 5) is 26.7. The van der Waals surface area contributed by atoms with Gasteiger partial charge in [-0.3, -0.25) is 14.5 Å². The Hall–Kier alpha value is -1.12. The van der Waals surface area contributed by atoms with E-state index in [-0.39, 0.29) is 17.7 Å². The summed E-state index contributed by atoms with van der Waals surface area (Å²) in [6, 6.07) is 0. The van der Waals surface area contributed by atoms with E-state index in [0.717, 1.165) is 25.7 Å². The zero-order chi connectivity index (χ0) is 29.6. The average Bonchev–Trinajstić information content (AvgIpc) is 3.24. The maximum absolute atomic E-state index is 12.7. The van der Waals surface area contributed by atoms with Crippen molar-refractivity contribution in [3.05, 3.63) is 12.2 Å². The molecule has 240 valence electrons. The molecule has 3 nitrogen and oxygen atoms in total. The highest BCUT2D eigenvalue weighted by molar-refractivity contribution is 6.03. The summed E-state index contributed by atoms with van der Waals surface area (Å²) in [6.45, 7) is 5.20. The lowest BCUT2D eigenvalue weighted by atomic mass is 10.0. The second kappa shape index (κ2) is 29.0. The van der Waals surface area contributed by atoms with Crippen LogP contribution in [0.4, 0.5) is 0 Å². The van der Waals surface area contributed by atoms with Gasteiger partial charge in [-0.1, -0.05) is 187 Å². The second-order valence-electron chi connectivity index (χ2n) is 13.1. The standard InChI is InChI=1S/C38H71NO2/c1-3-5-7-9-11-13-15-17-19-20-22-24-26-28-30-32-34-39-37(40)35-36(38(39)41)33-31-29-27-25-23-21-18-16-14-12-10-8-6-4-2/h29,31,36H,3-28,30,32-35H2,1-2H3/b31-29+. The van der Waals surface area contributed by atoms with E-state index in [9.17, 15) is 9.59 Å². The molecule has 2 amide bonds. The lowest BCUT2D eigenvalue weighted by Gasteiger charge is -2.14. The van der Waals surface area contributed by atoms with Crippen molar-refractivity contribution >= 4 is 11.8 Å². The first-order chi connectivity index (χ1) is 20.2. The van der Waals surface area contributed by atoms with Crippen LogP contribution in [0.1, 0.15) is 206 Å². The Morgan fingerprint density at radius 2 is 0.878 bits per heavy atom. The maximum atomic E-state index is 12.7. The molecular formula is C38H71NO2. The molecule has 0 spiro atoms. The van der Waals surface area contributed by atoms with Crippen molar-refractivity contribution in [2.75, 3.05) is 6.54 Å². The first-order valence-electron chi connectivity index (χ1n) is 18.7. The van der Waals surface area contributed by atoms with Crippen molar-refractivity contribution in [3.8, 4) is 0 Å². The molecule has 41 heavy (non-hydrogen) atoms. The Morgan fingerprint density at radius 3 is 1.29 bits per heavy atom. The minimum absolute atomic E-state index is 0.0553. The second-order valence-corrected chi connectivity index (χ2v) is 13.1. The number of imide groups is 1. The Balaban J connectivity index is 1.91. The number of unbranched alkanes of at least 4 members (excludes halogenated alkanes) is 26. The third-order valence-corrected chi connectivity index (χ3v) is 9.13. The first-order valence-corrected chi connectivity index (χ1v) is 18.7. The molecule has 1 aliphatic heterocycles. The predicted molar refractivity (Wildman–Crippen MR) is 179 cm³/mol. The van der Waals surface area contributed by atoms with E-state index in [1.807, 2.05) is 0 Å². The van der Waals surface area contributed by atoms with Crippen LogP contribution in [0.25, 0.3) is 0 Å². The topological polar surface area (TPSA) is 37.4 Å². The van der Waals surface area contributed by atoms with Gasteiger partial charge in [-0.05, 0) is 25.7 Å². The fraction of sp³-hybridized carbons (Fsp3) is 0.895. The lowest BCUT2D eigenvalue weighted by Crippen LogP contribution is -2.31. The van der Waals surface area contributed by atoms with Gasteiger partial charge >= 0.3 is 0 Å². The van der Waals surface area contributed by atoms with Gasteiger partial charge in [0.15, 0.2) is 0 Å². The van der Waals surface area contributed by atoms with E-state index >= 15 is 0 Å². The molecule has 0 N–H and O–H groups in total. The van der Waals surface area contributed by atoms with Crippen LogP contribution in [0, 0.1) is 5.92 Å². The van der Waals surface area contributed by atoms with E-state index in [2.05, 4.69) is 26.0 Å². The van der Waals surface area contributed by atoms with Crippen LogP contribution in [0.2, 0.25) is 0 Å². The average molecular weight is 574 g/mol. The van der Waals surface area contributed by atoms with E-state index in [1.165, 1.54) is 161 Å². The summed E-state index contributed by atoms with van der Waals surface area (Å²) < 4.78 is 0. The van der Waals surface area contributed by atoms with Gasteiger partial charge in [0.25, 0.3) is 0 Å². The van der Waals surface area contributed by atoms with Crippen molar-refractivity contribution in [2.24, 2.45) is 5.92 Å². The molecular weight excluding hydrogens is 502 g/mol. The van der Waals surface area contributed by atoms with E-state index in [1.54, 1.807) is 4.90 Å². The van der Waals surface area contributed by atoms with Gasteiger partial charge in [0.2, 0.25) is 11.8 Å². The van der Waals surface area contributed by atoms with Crippen LogP contribution in [0.5, 0.6) is 0 Å². The Labute approximate surface area is 257 Å². The van der Waals surface area contributed by atoms with Crippen molar-refractivity contribution in [1.82, 2.24) is 4.90 Å². The molecule has 1 saturated heterocycles. The predicted octanol–water partition coefficient (Wildman–Crippen LogP) is 12.3. The number of carbonyl (C=O) groups is 2. The van der Waals surface area contributed by atoms with Crippen molar-refractivity contribution in [2.45, 2.75) is 206 Å². The molecule has 1 fully saturated rings. The number of hydrogen-bond donors (Lipinski definition) is 0. The monoisotopic (exact) mass is 574 g/mol. The van der Waals surface area contributed by atoms with E-state index in [0.29, 0.717) is 13.0 Å². The van der Waals surface area contributed by atoms with Crippen LogP contribution in [-0.2, 0) is 9.59 Å². The minimum Gasteiger partial charge on any atom is -0.282 e. The fourth-order valence-corrected chi connectivity index (χ4v) is 6.29. The smallest absolute Gasteiger partial charge is 0.233 e. The van der Waals surface area contributed by atoms with Crippen molar-refractivity contribution in [1.29, 1.82) is 0 Å². The van der Waals surface area contributed by atoms with Gasteiger partial charge in [-0.15, -0.1) is 0 Å². The lowest BCUT2D eigenvalue weighted by molar-refractivity contribution is -0.139. The first kappa shape index (κ1) is 37.9. The molecule has 3 heteroatoms. The molecule has 1 atom stereocenters. The fourth-order valence-electron chi connectivity index (χ4n) is 6.29. The van der Waals surface area contributed by atoms with Gasteiger partial charge in [0.1, 0.15) is 0 Å². The van der Waals surface area contributed by atoms with Crippen LogP contribution in [-0.4, -0.2) is 23.3 Å². The molecule has 1 heterocycles. The number of likely N-dealkylation sites (tertiary alicyclic amines) is 1. The Bertz CT molecular complexity index is 628. The number of rotatable bonds is 31. The highest BCUT2D eigenvalue weighted by Gasteiger charge is 2.37. The third kappa shape index (κ3) is 22.1. The van der Waals surface area contributed by atoms with Gasteiger partial charge in [-0.25, -0.2) is 0 Å². The number of amides is 2. The Morgan fingerprint density at radius 1 is 0.512 bits per heavy atom. The SMILES string of the molecule is CCCCCCCCCCCCC/C=C/CC1CC(=O)N(CCCCCCCCCCCCCCCCCC)C1=O. The Kier molecular flexibility index (Phi) is 26.8. The minimum atomic E-state index is -0.114. The van der Waals surface area contributed by atoms with Gasteiger partial charge in [0.05, 0.1) is 5.92 Å². The molecule has 1 aliphatic rings.